The monoisotopic (exact) mass is 336 g/mol. The first kappa shape index (κ1) is 12.8. The molecule has 0 aliphatic carbocycles. The molecule has 3 nitrogen and oxygen atoms in total. The third-order valence-corrected chi connectivity index (χ3v) is 4.92. The topological polar surface area (TPSA) is 33.2 Å². The highest BCUT2D eigenvalue weighted by atomic mass is 79.9. The van der Waals surface area contributed by atoms with Gasteiger partial charge >= 0.3 is 0 Å². The molecule has 0 N–H and O–H groups in total. The summed E-state index contributed by atoms with van der Waals surface area (Å²) in [4.78, 5) is 18.9. The molecule has 2 aromatic rings. The third-order valence-electron chi connectivity index (χ3n) is 3.35. The predicted octanol–water partition coefficient (Wildman–Crippen LogP) is 3.88. The minimum absolute atomic E-state index is 0.0881. The van der Waals surface area contributed by atoms with Crippen LogP contribution in [0.1, 0.15) is 34.2 Å². The van der Waals surface area contributed by atoms with Gasteiger partial charge in [0.2, 0.25) is 0 Å². The number of carbonyl (C=O) groups is 1. The molecule has 0 bridgehead atoms. The molecule has 0 saturated carbocycles. The molecule has 1 fully saturated rings. The Kier molecular flexibility index (Phi) is 3.66. The van der Waals surface area contributed by atoms with Crippen LogP contribution in [0.3, 0.4) is 0 Å². The average molecular weight is 337 g/mol. The second-order valence-electron chi connectivity index (χ2n) is 4.51. The molecule has 0 radical (unpaired) electrons. The molecule has 0 spiro atoms. The van der Waals surface area contributed by atoms with Crippen LogP contribution in [0.5, 0.6) is 0 Å². The minimum atomic E-state index is 0.0881. The van der Waals surface area contributed by atoms with E-state index in [-0.39, 0.29) is 11.9 Å². The van der Waals surface area contributed by atoms with E-state index in [0.29, 0.717) is 0 Å². The number of aromatic nitrogens is 1. The molecular formula is C14H13BrN2OS. The average Bonchev–Trinajstić information content (AvgIpc) is 3.09. The molecule has 5 heteroatoms. The number of rotatable bonds is 2. The van der Waals surface area contributed by atoms with Crippen molar-refractivity contribution < 1.29 is 4.79 Å². The molecule has 1 aromatic carbocycles. The van der Waals surface area contributed by atoms with Crippen LogP contribution in [0, 0.1) is 0 Å². The van der Waals surface area contributed by atoms with Gasteiger partial charge in [0.05, 0.1) is 11.6 Å². The van der Waals surface area contributed by atoms with E-state index in [1.54, 1.807) is 17.5 Å². The van der Waals surface area contributed by atoms with Gasteiger partial charge in [0, 0.05) is 22.6 Å². The number of carbonyl (C=O) groups excluding carboxylic acids is 1. The van der Waals surface area contributed by atoms with Crippen LogP contribution in [-0.2, 0) is 0 Å². The van der Waals surface area contributed by atoms with Crippen molar-refractivity contribution in [2.24, 2.45) is 0 Å². The van der Waals surface area contributed by atoms with Crippen LogP contribution in [0.4, 0.5) is 0 Å². The van der Waals surface area contributed by atoms with Gasteiger partial charge in [0.15, 0.2) is 0 Å². The Hall–Kier alpha value is -1.20. The summed E-state index contributed by atoms with van der Waals surface area (Å²) in [7, 11) is 0. The van der Waals surface area contributed by atoms with Gasteiger partial charge in [-0.2, -0.15) is 0 Å². The number of likely N-dealkylation sites (tertiary alicyclic amines) is 1. The van der Waals surface area contributed by atoms with Crippen molar-refractivity contribution in [2.45, 2.75) is 18.9 Å². The molecule has 1 saturated heterocycles. The lowest BCUT2D eigenvalue weighted by Gasteiger charge is -2.23. The lowest BCUT2D eigenvalue weighted by atomic mass is 10.1. The van der Waals surface area contributed by atoms with Crippen LogP contribution >= 0.6 is 27.3 Å². The van der Waals surface area contributed by atoms with Crippen molar-refractivity contribution in [2.75, 3.05) is 6.54 Å². The van der Waals surface area contributed by atoms with Crippen LogP contribution in [0.25, 0.3) is 0 Å². The highest BCUT2D eigenvalue weighted by Crippen LogP contribution is 2.34. The lowest BCUT2D eigenvalue weighted by molar-refractivity contribution is 0.0734. The van der Waals surface area contributed by atoms with Crippen molar-refractivity contribution in [3.63, 3.8) is 0 Å². The Balaban J connectivity index is 1.89. The van der Waals surface area contributed by atoms with Crippen molar-refractivity contribution in [1.82, 2.24) is 9.88 Å². The Morgan fingerprint density at radius 2 is 2.26 bits per heavy atom. The first-order valence-corrected chi connectivity index (χ1v) is 7.89. The highest BCUT2D eigenvalue weighted by Gasteiger charge is 2.32. The maximum atomic E-state index is 12.6. The smallest absolute Gasteiger partial charge is 0.255 e. The molecule has 1 aliphatic rings. The van der Waals surface area contributed by atoms with E-state index in [2.05, 4.69) is 20.9 Å². The van der Waals surface area contributed by atoms with E-state index in [1.807, 2.05) is 34.5 Å². The zero-order valence-electron chi connectivity index (χ0n) is 10.3. The zero-order valence-corrected chi connectivity index (χ0v) is 12.7. The van der Waals surface area contributed by atoms with Crippen LogP contribution in [-0.4, -0.2) is 22.3 Å². The summed E-state index contributed by atoms with van der Waals surface area (Å²) >= 11 is 5.08. The third kappa shape index (κ3) is 2.44. The van der Waals surface area contributed by atoms with E-state index in [0.717, 1.165) is 34.4 Å². The van der Waals surface area contributed by atoms with Gasteiger partial charge in [-0.3, -0.25) is 4.79 Å². The number of halogens is 1. The van der Waals surface area contributed by atoms with Crippen molar-refractivity contribution in [1.29, 1.82) is 0 Å². The molecular weight excluding hydrogens is 324 g/mol. The van der Waals surface area contributed by atoms with Crippen LogP contribution in [0.15, 0.2) is 40.3 Å². The van der Waals surface area contributed by atoms with Gasteiger partial charge in [0.1, 0.15) is 5.01 Å². The fraction of sp³-hybridized carbons (Fsp3) is 0.286. The van der Waals surface area contributed by atoms with Gasteiger partial charge in [-0.05, 0) is 40.9 Å². The zero-order chi connectivity index (χ0) is 13.2. The number of nitrogens with zero attached hydrogens (tertiary/aromatic N) is 2. The fourth-order valence-electron chi connectivity index (χ4n) is 2.45. The summed E-state index contributed by atoms with van der Waals surface area (Å²) in [6.07, 6.45) is 3.85. The normalized spacial score (nSPS) is 18.8. The van der Waals surface area contributed by atoms with Crippen LogP contribution in [0.2, 0.25) is 0 Å². The van der Waals surface area contributed by atoms with Crippen LogP contribution < -0.4 is 0 Å². The summed E-state index contributed by atoms with van der Waals surface area (Å²) < 4.78 is 0.852. The van der Waals surface area contributed by atoms with Gasteiger partial charge in [-0.25, -0.2) is 4.98 Å². The minimum Gasteiger partial charge on any atom is -0.329 e. The van der Waals surface area contributed by atoms with E-state index in [9.17, 15) is 4.79 Å². The molecule has 1 aromatic heterocycles. The Bertz CT molecular complexity index is 585. The molecule has 1 amide bonds. The predicted molar refractivity (Wildman–Crippen MR) is 79.3 cm³/mol. The second kappa shape index (κ2) is 5.43. The van der Waals surface area contributed by atoms with E-state index < -0.39 is 0 Å². The lowest BCUT2D eigenvalue weighted by Crippen LogP contribution is -2.30. The Morgan fingerprint density at radius 1 is 1.42 bits per heavy atom. The molecule has 2 heterocycles. The van der Waals surface area contributed by atoms with Gasteiger partial charge in [-0.1, -0.05) is 12.1 Å². The Morgan fingerprint density at radius 3 is 3.00 bits per heavy atom. The van der Waals surface area contributed by atoms with Crippen molar-refractivity contribution >= 4 is 33.2 Å². The van der Waals surface area contributed by atoms with E-state index in [1.165, 1.54) is 0 Å². The first-order valence-electron chi connectivity index (χ1n) is 6.22. The molecule has 19 heavy (non-hydrogen) atoms. The summed E-state index contributed by atoms with van der Waals surface area (Å²) in [5.74, 6) is 0.0881. The number of amides is 1. The summed E-state index contributed by atoms with van der Waals surface area (Å²) in [6, 6.07) is 7.72. The second-order valence-corrected chi connectivity index (χ2v) is 6.29. The SMILES string of the molecule is O=C(c1ccccc1Br)N1CCCC1c1nccs1. The van der Waals surface area contributed by atoms with Crippen molar-refractivity contribution in [3.05, 3.63) is 50.9 Å². The quantitative estimate of drug-likeness (QED) is 0.833. The highest BCUT2D eigenvalue weighted by molar-refractivity contribution is 9.10. The maximum absolute atomic E-state index is 12.6. The maximum Gasteiger partial charge on any atom is 0.255 e. The molecule has 1 unspecified atom stereocenters. The van der Waals surface area contributed by atoms with E-state index >= 15 is 0 Å². The molecule has 1 aliphatic heterocycles. The number of thiazole rings is 1. The fourth-order valence-corrected chi connectivity index (χ4v) is 3.69. The van der Waals surface area contributed by atoms with E-state index in [4.69, 9.17) is 0 Å². The summed E-state index contributed by atoms with van der Waals surface area (Å²) in [5, 5.41) is 3.01. The Labute approximate surface area is 124 Å². The molecule has 1 atom stereocenters. The summed E-state index contributed by atoms with van der Waals surface area (Å²) in [6.45, 7) is 0.810. The van der Waals surface area contributed by atoms with Crippen molar-refractivity contribution in [3.8, 4) is 0 Å². The molecule has 98 valence electrons. The standard InChI is InChI=1S/C14H13BrN2OS/c15-11-5-2-1-4-10(11)14(18)17-8-3-6-12(17)13-16-7-9-19-13/h1-2,4-5,7,9,12H,3,6,8H2. The number of hydrogen-bond acceptors (Lipinski definition) is 3. The van der Waals surface area contributed by atoms with Gasteiger partial charge in [-0.15, -0.1) is 11.3 Å². The first-order chi connectivity index (χ1) is 9.27. The summed E-state index contributed by atoms with van der Waals surface area (Å²) in [5.41, 5.74) is 0.728. The van der Waals surface area contributed by atoms with Gasteiger partial charge < -0.3 is 4.90 Å². The number of hydrogen-bond donors (Lipinski definition) is 0. The van der Waals surface area contributed by atoms with Gasteiger partial charge in [0.25, 0.3) is 5.91 Å². The molecule has 3 rings (SSSR count). The number of benzene rings is 1. The largest absolute Gasteiger partial charge is 0.329 e.